The number of nitrogens with one attached hydrogen (secondary N) is 1. The van der Waals surface area contributed by atoms with E-state index in [0.29, 0.717) is 6.54 Å². The van der Waals surface area contributed by atoms with Crippen LogP contribution in [0.2, 0.25) is 0 Å². The number of carbonyl (C=O) groups is 1. The first-order chi connectivity index (χ1) is 7.04. The molecule has 1 N–H and O–H groups in total. The molecule has 1 amide bonds. The zero-order valence-corrected chi connectivity index (χ0v) is 9.11. The number of nitriles is 1. The van der Waals surface area contributed by atoms with Crippen molar-refractivity contribution in [1.82, 2.24) is 15.1 Å². The highest BCUT2D eigenvalue weighted by atomic mass is 16.1. The van der Waals surface area contributed by atoms with Gasteiger partial charge in [-0.1, -0.05) is 0 Å². The van der Waals surface area contributed by atoms with Crippen molar-refractivity contribution in [3.8, 4) is 6.07 Å². The molecule has 0 aliphatic carbocycles. The van der Waals surface area contributed by atoms with Gasteiger partial charge in [0.05, 0.1) is 11.8 Å². The molecule has 5 heteroatoms. The molecule has 0 aliphatic heterocycles. The van der Waals surface area contributed by atoms with Crippen LogP contribution in [-0.4, -0.2) is 15.7 Å². The van der Waals surface area contributed by atoms with Crippen molar-refractivity contribution >= 4 is 5.91 Å². The van der Waals surface area contributed by atoms with Gasteiger partial charge in [0.1, 0.15) is 5.92 Å². The van der Waals surface area contributed by atoms with E-state index in [1.165, 1.54) is 0 Å². The second-order valence-electron chi connectivity index (χ2n) is 3.48. The van der Waals surface area contributed by atoms with Crippen LogP contribution in [0.1, 0.15) is 18.2 Å². The fourth-order valence-corrected chi connectivity index (χ4v) is 1.22. The molecule has 15 heavy (non-hydrogen) atoms. The summed E-state index contributed by atoms with van der Waals surface area (Å²) in [4.78, 5) is 11.3. The van der Waals surface area contributed by atoms with Crippen molar-refractivity contribution in [1.29, 1.82) is 5.26 Å². The number of carbonyl (C=O) groups excluding carboxylic acids is 1. The van der Waals surface area contributed by atoms with Crippen LogP contribution >= 0.6 is 0 Å². The molecular formula is C10H14N4O. The third-order valence-electron chi connectivity index (χ3n) is 2.16. The van der Waals surface area contributed by atoms with Gasteiger partial charge in [0.2, 0.25) is 5.91 Å². The van der Waals surface area contributed by atoms with Crippen molar-refractivity contribution in [2.75, 3.05) is 0 Å². The standard InChI is InChI=1S/C10H14N4O/c1-7(4-11)10(15)12-5-9-6-14(3)13-8(9)2/h6-7H,5H2,1-3H3,(H,12,15). The number of hydrogen-bond acceptors (Lipinski definition) is 3. The molecular weight excluding hydrogens is 192 g/mol. The van der Waals surface area contributed by atoms with Gasteiger partial charge >= 0.3 is 0 Å². The van der Waals surface area contributed by atoms with Gasteiger partial charge in [-0.25, -0.2) is 0 Å². The average molecular weight is 206 g/mol. The summed E-state index contributed by atoms with van der Waals surface area (Å²) in [5.41, 5.74) is 1.86. The first-order valence-electron chi connectivity index (χ1n) is 4.71. The van der Waals surface area contributed by atoms with E-state index >= 15 is 0 Å². The molecule has 0 fully saturated rings. The molecule has 0 saturated heterocycles. The lowest BCUT2D eigenvalue weighted by molar-refractivity contribution is -0.123. The maximum Gasteiger partial charge on any atom is 0.237 e. The lowest BCUT2D eigenvalue weighted by atomic mass is 10.2. The maximum atomic E-state index is 11.3. The minimum atomic E-state index is -0.609. The van der Waals surface area contributed by atoms with E-state index in [-0.39, 0.29) is 5.91 Å². The van der Waals surface area contributed by atoms with Crippen LogP contribution < -0.4 is 5.32 Å². The fraction of sp³-hybridized carbons (Fsp3) is 0.500. The molecule has 5 nitrogen and oxygen atoms in total. The molecule has 0 bridgehead atoms. The molecule has 1 unspecified atom stereocenters. The average Bonchev–Trinajstić information content (AvgIpc) is 2.52. The van der Waals surface area contributed by atoms with Crippen LogP contribution in [0.15, 0.2) is 6.20 Å². The van der Waals surface area contributed by atoms with Crippen LogP contribution in [-0.2, 0) is 18.4 Å². The number of aryl methyl sites for hydroxylation is 2. The van der Waals surface area contributed by atoms with Crippen molar-refractivity contribution < 1.29 is 4.79 Å². The molecule has 0 spiro atoms. The van der Waals surface area contributed by atoms with Gasteiger partial charge < -0.3 is 5.32 Å². The second kappa shape index (κ2) is 4.60. The number of nitrogens with zero attached hydrogens (tertiary/aromatic N) is 3. The van der Waals surface area contributed by atoms with Gasteiger partial charge in [-0.15, -0.1) is 0 Å². The van der Waals surface area contributed by atoms with E-state index < -0.39 is 5.92 Å². The summed E-state index contributed by atoms with van der Waals surface area (Å²) in [5, 5.41) is 15.4. The Morgan fingerprint density at radius 3 is 2.93 bits per heavy atom. The Morgan fingerprint density at radius 1 is 1.80 bits per heavy atom. The van der Waals surface area contributed by atoms with E-state index in [4.69, 9.17) is 5.26 Å². The second-order valence-corrected chi connectivity index (χ2v) is 3.48. The van der Waals surface area contributed by atoms with Crippen LogP contribution in [0.5, 0.6) is 0 Å². The summed E-state index contributed by atoms with van der Waals surface area (Å²) >= 11 is 0. The molecule has 1 atom stereocenters. The zero-order valence-electron chi connectivity index (χ0n) is 9.11. The Bertz CT molecular complexity index is 402. The summed E-state index contributed by atoms with van der Waals surface area (Å²) in [6.45, 7) is 3.88. The third-order valence-corrected chi connectivity index (χ3v) is 2.16. The van der Waals surface area contributed by atoms with Crippen molar-refractivity contribution in [2.24, 2.45) is 13.0 Å². The van der Waals surface area contributed by atoms with Crippen LogP contribution in [0.4, 0.5) is 0 Å². The molecule has 1 rings (SSSR count). The smallest absolute Gasteiger partial charge is 0.237 e. The highest BCUT2D eigenvalue weighted by Gasteiger charge is 2.11. The largest absolute Gasteiger partial charge is 0.351 e. The van der Waals surface area contributed by atoms with Gasteiger partial charge in [-0.05, 0) is 13.8 Å². The van der Waals surface area contributed by atoms with Crippen LogP contribution in [0.3, 0.4) is 0 Å². The summed E-state index contributed by atoms with van der Waals surface area (Å²) in [7, 11) is 1.83. The fourth-order valence-electron chi connectivity index (χ4n) is 1.22. The van der Waals surface area contributed by atoms with Crippen molar-refractivity contribution in [3.05, 3.63) is 17.5 Å². The number of hydrogen-bond donors (Lipinski definition) is 1. The van der Waals surface area contributed by atoms with Gasteiger partial charge in [0.15, 0.2) is 0 Å². The summed E-state index contributed by atoms with van der Waals surface area (Å²) in [6, 6.07) is 1.89. The van der Waals surface area contributed by atoms with E-state index in [1.54, 1.807) is 11.6 Å². The summed E-state index contributed by atoms with van der Waals surface area (Å²) in [6.07, 6.45) is 1.85. The van der Waals surface area contributed by atoms with Crippen molar-refractivity contribution in [2.45, 2.75) is 20.4 Å². The molecule has 0 aliphatic rings. The van der Waals surface area contributed by atoms with Crippen LogP contribution in [0.25, 0.3) is 0 Å². The SMILES string of the molecule is Cc1nn(C)cc1CNC(=O)C(C)C#N. The Morgan fingerprint density at radius 2 is 2.47 bits per heavy atom. The highest BCUT2D eigenvalue weighted by molar-refractivity contribution is 5.80. The maximum absolute atomic E-state index is 11.3. The van der Waals surface area contributed by atoms with Gasteiger partial charge in [0.25, 0.3) is 0 Å². The predicted molar refractivity (Wildman–Crippen MR) is 54.6 cm³/mol. The quantitative estimate of drug-likeness (QED) is 0.783. The Balaban J connectivity index is 2.55. The molecule has 1 aromatic rings. The molecule has 0 aromatic carbocycles. The lowest BCUT2D eigenvalue weighted by Crippen LogP contribution is -2.27. The predicted octanol–water partition coefficient (Wildman–Crippen LogP) is 0.504. The Labute approximate surface area is 88.7 Å². The van der Waals surface area contributed by atoms with Gasteiger partial charge in [-0.3, -0.25) is 9.48 Å². The number of amides is 1. The van der Waals surface area contributed by atoms with E-state index in [0.717, 1.165) is 11.3 Å². The normalized spacial score (nSPS) is 11.9. The topological polar surface area (TPSA) is 70.7 Å². The van der Waals surface area contributed by atoms with Crippen molar-refractivity contribution in [3.63, 3.8) is 0 Å². The van der Waals surface area contributed by atoms with E-state index in [9.17, 15) is 4.79 Å². The van der Waals surface area contributed by atoms with E-state index in [1.807, 2.05) is 26.2 Å². The molecule has 0 radical (unpaired) electrons. The molecule has 1 heterocycles. The highest BCUT2D eigenvalue weighted by Crippen LogP contribution is 2.04. The first-order valence-corrected chi connectivity index (χ1v) is 4.71. The first kappa shape index (κ1) is 11.2. The number of aromatic nitrogens is 2. The summed E-state index contributed by atoms with van der Waals surface area (Å²) in [5.74, 6) is -0.859. The minimum Gasteiger partial charge on any atom is -0.351 e. The van der Waals surface area contributed by atoms with Crippen LogP contribution in [0, 0.1) is 24.2 Å². The Kier molecular flexibility index (Phi) is 3.45. The lowest BCUT2D eigenvalue weighted by Gasteiger charge is -2.04. The Hall–Kier alpha value is -1.83. The number of rotatable bonds is 3. The summed E-state index contributed by atoms with van der Waals surface area (Å²) < 4.78 is 1.70. The molecule has 0 saturated carbocycles. The molecule has 1 aromatic heterocycles. The zero-order chi connectivity index (χ0) is 11.4. The third kappa shape index (κ3) is 2.81. The monoisotopic (exact) mass is 206 g/mol. The minimum absolute atomic E-state index is 0.249. The molecule has 80 valence electrons. The van der Waals surface area contributed by atoms with Gasteiger partial charge in [-0.2, -0.15) is 10.4 Å². The van der Waals surface area contributed by atoms with Gasteiger partial charge in [0, 0.05) is 25.4 Å². The van der Waals surface area contributed by atoms with E-state index in [2.05, 4.69) is 10.4 Å².